The van der Waals surface area contributed by atoms with Gasteiger partial charge in [-0.1, -0.05) is 18.2 Å². The molecule has 1 aromatic carbocycles. The van der Waals surface area contributed by atoms with Crippen LogP contribution < -0.4 is 5.32 Å². The number of fused-ring (bicyclic) bond motifs is 1. The summed E-state index contributed by atoms with van der Waals surface area (Å²) in [5.74, 6) is -1.17. The maximum Gasteiger partial charge on any atom is 0.409 e. The lowest BCUT2D eigenvalue weighted by atomic mass is 10.1. The topological polar surface area (TPSA) is 94.7 Å². The third-order valence-corrected chi connectivity index (χ3v) is 4.64. The summed E-state index contributed by atoms with van der Waals surface area (Å²) in [5.41, 5.74) is 2.15. The van der Waals surface area contributed by atoms with Crippen LogP contribution >= 0.6 is 0 Å². The monoisotopic (exact) mass is 372 g/mol. The van der Waals surface area contributed by atoms with Crippen LogP contribution in [-0.4, -0.2) is 72.0 Å². The molecule has 1 fully saturated rings. The van der Waals surface area contributed by atoms with Gasteiger partial charge in [-0.05, 0) is 25.0 Å². The first-order chi connectivity index (χ1) is 13.1. The third-order valence-electron chi connectivity index (χ3n) is 4.64. The van der Waals surface area contributed by atoms with Crippen molar-refractivity contribution in [1.82, 2.24) is 20.1 Å². The molecule has 0 spiro atoms. The van der Waals surface area contributed by atoms with Crippen molar-refractivity contribution in [2.24, 2.45) is 0 Å². The van der Waals surface area contributed by atoms with Crippen molar-refractivity contribution in [3.05, 3.63) is 36.0 Å². The van der Waals surface area contributed by atoms with Gasteiger partial charge in [0.25, 0.3) is 0 Å². The summed E-state index contributed by atoms with van der Waals surface area (Å²) in [7, 11) is 0. The Kier molecular flexibility index (Phi) is 5.95. The molecular formula is C19H24N4O4. The van der Waals surface area contributed by atoms with Crippen LogP contribution in [0, 0.1) is 0 Å². The van der Waals surface area contributed by atoms with Crippen molar-refractivity contribution in [2.45, 2.75) is 13.3 Å². The molecule has 1 aromatic heterocycles. The van der Waals surface area contributed by atoms with Crippen LogP contribution in [0.1, 0.15) is 12.5 Å². The lowest BCUT2D eigenvalue weighted by Gasteiger charge is -2.33. The number of benzene rings is 1. The zero-order valence-corrected chi connectivity index (χ0v) is 15.4. The summed E-state index contributed by atoms with van der Waals surface area (Å²) < 4.78 is 4.95. The number of para-hydroxylation sites is 1. The fourth-order valence-electron chi connectivity index (χ4n) is 3.18. The van der Waals surface area contributed by atoms with Gasteiger partial charge >= 0.3 is 17.9 Å². The van der Waals surface area contributed by atoms with E-state index in [0.29, 0.717) is 45.8 Å². The van der Waals surface area contributed by atoms with Crippen molar-refractivity contribution >= 4 is 28.8 Å². The minimum absolute atomic E-state index is 0.316. The highest BCUT2D eigenvalue weighted by Crippen LogP contribution is 2.17. The van der Waals surface area contributed by atoms with Gasteiger partial charge in [0.15, 0.2) is 0 Å². The maximum absolute atomic E-state index is 12.3. The molecular weight excluding hydrogens is 348 g/mol. The molecule has 8 heteroatoms. The SMILES string of the molecule is CCOC(=O)N1CCN(C(=O)C(=O)NCCc2c[nH]c3ccccc23)CC1. The molecule has 144 valence electrons. The van der Waals surface area contributed by atoms with Crippen LogP contribution in [0.3, 0.4) is 0 Å². The number of ether oxygens (including phenoxy) is 1. The highest BCUT2D eigenvalue weighted by atomic mass is 16.6. The Morgan fingerprint density at radius 2 is 1.81 bits per heavy atom. The van der Waals surface area contributed by atoms with Crippen molar-refractivity contribution in [3.63, 3.8) is 0 Å². The summed E-state index contributed by atoms with van der Waals surface area (Å²) in [5, 5.41) is 3.81. The van der Waals surface area contributed by atoms with Crippen LogP contribution in [0.15, 0.2) is 30.5 Å². The first-order valence-corrected chi connectivity index (χ1v) is 9.14. The van der Waals surface area contributed by atoms with Crippen molar-refractivity contribution in [3.8, 4) is 0 Å². The number of carbonyl (C=O) groups excluding carboxylic acids is 3. The Morgan fingerprint density at radius 3 is 2.56 bits per heavy atom. The number of aromatic nitrogens is 1. The number of nitrogens with zero attached hydrogens (tertiary/aromatic N) is 2. The van der Waals surface area contributed by atoms with Gasteiger partial charge in [-0.3, -0.25) is 9.59 Å². The summed E-state index contributed by atoms with van der Waals surface area (Å²) in [6.07, 6.45) is 2.18. The second-order valence-corrected chi connectivity index (χ2v) is 6.34. The van der Waals surface area contributed by atoms with E-state index < -0.39 is 11.8 Å². The molecule has 27 heavy (non-hydrogen) atoms. The molecule has 0 bridgehead atoms. The number of aromatic amines is 1. The minimum atomic E-state index is -0.612. The predicted molar refractivity (Wildman–Crippen MR) is 100 cm³/mol. The Morgan fingerprint density at radius 1 is 1.11 bits per heavy atom. The van der Waals surface area contributed by atoms with Gasteiger partial charge < -0.3 is 24.8 Å². The lowest BCUT2D eigenvalue weighted by molar-refractivity contribution is -0.146. The second-order valence-electron chi connectivity index (χ2n) is 6.34. The van der Waals surface area contributed by atoms with Crippen molar-refractivity contribution in [2.75, 3.05) is 39.3 Å². The van der Waals surface area contributed by atoms with E-state index in [9.17, 15) is 14.4 Å². The lowest BCUT2D eigenvalue weighted by Crippen LogP contribution is -2.54. The number of carbonyl (C=O) groups is 3. The molecule has 1 aliphatic heterocycles. The molecule has 3 rings (SSSR count). The standard InChI is InChI=1S/C19H24N4O4/c1-2-27-19(26)23-11-9-22(10-12-23)18(25)17(24)20-8-7-14-13-21-16-6-4-3-5-15(14)16/h3-6,13,21H,2,7-12H2,1H3,(H,20,24). The molecule has 0 unspecified atom stereocenters. The summed E-state index contributed by atoms with van der Waals surface area (Å²) in [6.45, 7) is 3.84. The quantitative estimate of drug-likeness (QED) is 0.787. The first-order valence-electron chi connectivity index (χ1n) is 9.14. The number of nitrogens with one attached hydrogen (secondary N) is 2. The Balaban J connectivity index is 1.44. The fourth-order valence-corrected chi connectivity index (χ4v) is 3.18. The zero-order valence-electron chi connectivity index (χ0n) is 15.4. The number of piperazine rings is 1. The Labute approximate surface area is 157 Å². The largest absolute Gasteiger partial charge is 0.450 e. The molecule has 2 aromatic rings. The van der Waals surface area contributed by atoms with E-state index in [4.69, 9.17) is 4.74 Å². The number of hydrogen-bond acceptors (Lipinski definition) is 4. The van der Waals surface area contributed by atoms with E-state index in [-0.39, 0.29) is 6.09 Å². The summed E-state index contributed by atoms with van der Waals surface area (Å²) in [6, 6.07) is 7.95. The summed E-state index contributed by atoms with van der Waals surface area (Å²) in [4.78, 5) is 42.3. The zero-order chi connectivity index (χ0) is 19.2. The normalized spacial score (nSPS) is 14.3. The van der Waals surface area contributed by atoms with Crippen molar-refractivity contribution < 1.29 is 19.1 Å². The van der Waals surface area contributed by atoms with E-state index in [2.05, 4.69) is 10.3 Å². The van der Waals surface area contributed by atoms with Gasteiger partial charge in [0.2, 0.25) is 0 Å². The molecule has 0 saturated carbocycles. The van der Waals surface area contributed by atoms with Crippen LogP contribution in [-0.2, 0) is 20.7 Å². The minimum Gasteiger partial charge on any atom is -0.450 e. The molecule has 3 amide bonds. The van der Waals surface area contributed by atoms with Gasteiger partial charge in [0, 0.05) is 49.8 Å². The van der Waals surface area contributed by atoms with E-state index in [0.717, 1.165) is 16.5 Å². The van der Waals surface area contributed by atoms with E-state index in [1.54, 1.807) is 11.8 Å². The highest BCUT2D eigenvalue weighted by molar-refractivity contribution is 6.35. The van der Waals surface area contributed by atoms with Gasteiger partial charge in [-0.15, -0.1) is 0 Å². The molecule has 1 aliphatic rings. The van der Waals surface area contributed by atoms with Gasteiger partial charge in [-0.25, -0.2) is 4.79 Å². The second kappa shape index (κ2) is 8.57. The van der Waals surface area contributed by atoms with Crippen LogP contribution in [0.5, 0.6) is 0 Å². The van der Waals surface area contributed by atoms with Crippen LogP contribution in [0.4, 0.5) is 4.79 Å². The molecule has 1 saturated heterocycles. The smallest absolute Gasteiger partial charge is 0.409 e. The maximum atomic E-state index is 12.3. The molecule has 2 heterocycles. The highest BCUT2D eigenvalue weighted by Gasteiger charge is 2.28. The third kappa shape index (κ3) is 4.39. The number of H-pyrrole nitrogens is 1. The number of rotatable bonds is 4. The van der Waals surface area contributed by atoms with Crippen molar-refractivity contribution in [1.29, 1.82) is 0 Å². The first kappa shape index (κ1) is 18.8. The average molecular weight is 372 g/mol. The average Bonchev–Trinajstić information content (AvgIpc) is 3.11. The molecule has 0 atom stereocenters. The van der Waals surface area contributed by atoms with Gasteiger partial charge in [0.05, 0.1) is 6.61 Å². The van der Waals surface area contributed by atoms with E-state index in [1.807, 2.05) is 30.5 Å². The number of hydrogen-bond donors (Lipinski definition) is 2. The summed E-state index contributed by atoms with van der Waals surface area (Å²) >= 11 is 0. The van der Waals surface area contributed by atoms with Crippen LogP contribution in [0.25, 0.3) is 10.9 Å². The van der Waals surface area contributed by atoms with E-state index in [1.165, 1.54) is 4.90 Å². The number of amides is 3. The fraction of sp³-hybridized carbons (Fsp3) is 0.421. The Hall–Kier alpha value is -3.03. The Bertz CT molecular complexity index is 824. The van der Waals surface area contributed by atoms with E-state index >= 15 is 0 Å². The van der Waals surface area contributed by atoms with Gasteiger partial charge in [-0.2, -0.15) is 0 Å². The molecule has 2 N–H and O–H groups in total. The van der Waals surface area contributed by atoms with Gasteiger partial charge in [0.1, 0.15) is 0 Å². The van der Waals surface area contributed by atoms with Crippen LogP contribution in [0.2, 0.25) is 0 Å². The molecule has 0 radical (unpaired) electrons. The molecule has 0 aliphatic carbocycles. The predicted octanol–water partition coefficient (Wildman–Crippen LogP) is 1.13. The molecule has 8 nitrogen and oxygen atoms in total.